The van der Waals surface area contributed by atoms with Gasteiger partial charge in [-0.3, -0.25) is 0 Å². The molecule has 1 aliphatic carbocycles. The van der Waals surface area contributed by atoms with Gasteiger partial charge in [-0.25, -0.2) is 4.79 Å². The van der Waals surface area contributed by atoms with Crippen molar-refractivity contribution in [3.05, 3.63) is 35.6 Å². The Kier molecular flexibility index (Phi) is 11.2. The molecule has 0 spiro atoms. The third-order valence-electron chi connectivity index (χ3n) is 6.40. The number of fused-ring (bicyclic) bond motifs is 1. The Morgan fingerprint density at radius 2 is 2.21 bits per heavy atom. The number of carbonyl (C=O) groups is 1. The number of anilines is 1. The number of hydrogen-bond donors (Lipinski definition) is 1. The lowest BCUT2D eigenvalue weighted by atomic mass is 9.93. The van der Waals surface area contributed by atoms with E-state index in [1.807, 2.05) is 26.8 Å². The Morgan fingerprint density at radius 3 is 2.92 bits per heavy atom. The van der Waals surface area contributed by atoms with Crippen LogP contribution in [0.5, 0.6) is 6.01 Å². The fourth-order valence-electron chi connectivity index (χ4n) is 4.59. The van der Waals surface area contributed by atoms with Gasteiger partial charge in [-0.05, 0) is 65.3 Å². The van der Waals surface area contributed by atoms with E-state index in [9.17, 15) is 10.1 Å². The number of nitrogens with one attached hydrogen (secondary N) is 1. The molecule has 0 bridgehead atoms. The molecule has 1 aromatic heterocycles. The van der Waals surface area contributed by atoms with Gasteiger partial charge in [0.1, 0.15) is 18.0 Å². The van der Waals surface area contributed by atoms with E-state index in [4.69, 9.17) is 31.7 Å². The highest BCUT2D eigenvalue weighted by atomic mass is 32.1. The fourth-order valence-corrected chi connectivity index (χ4v) is 4.85. The summed E-state index contributed by atoms with van der Waals surface area (Å²) in [5, 5.41) is 12.6. The number of carbonyl (C=O) groups excluding carboxylic acids is 1. The average molecular weight is 540 g/mol. The van der Waals surface area contributed by atoms with Crippen LogP contribution in [0.25, 0.3) is 0 Å². The van der Waals surface area contributed by atoms with Crippen molar-refractivity contribution in [3.63, 3.8) is 0 Å². The number of thiocarbonyl (C=S) groups is 1. The molecule has 0 saturated carbocycles. The fraction of sp³-hybridized carbons (Fsp3) is 0.621. The summed E-state index contributed by atoms with van der Waals surface area (Å²) >= 11 is 5.66. The molecule has 38 heavy (non-hydrogen) atoms. The first-order valence-electron chi connectivity index (χ1n) is 13.6. The van der Waals surface area contributed by atoms with Crippen molar-refractivity contribution in [1.82, 2.24) is 15.3 Å². The molecular formula is C29H41N5O3S. The van der Waals surface area contributed by atoms with Crippen molar-refractivity contribution in [3.8, 4) is 12.1 Å². The molecule has 1 aromatic rings. The second-order valence-electron chi connectivity index (χ2n) is 11.0. The number of allylic oxidation sites excluding steroid dienone is 2. The van der Waals surface area contributed by atoms with Crippen LogP contribution in [0.4, 0.5) is 5.82 Å². The van der Waals surface area contributed by atoms with Gasteiger partial charge in [-0.15, -0.1) is 0 Å². The Bertz CT molecular complexity index is 1070. The largest absolute Gasteiger partial charge is 0.458 e. The average Bonchev–Trinajstić information content (AvgIpc) is 2.88. The van der Waals surface area contributed by atoms with E-state index >= 15 is 0 Å². The molecule has 2 heterocycles. The smallest absolute Gasteiger partial charge is 0.330 e. The first-order valence-corrected chi connectivity index (χ1v) is 14.0. The molecule has 9 heteroatoms. The number of nitriles is 1. The monoisotopic (exact) mass is 539 g/mol. The molecule has 206 valence electrons. The minimum atomic E-state index is -0.528. The van der Waals surface area contributed by atoms with Crippen LogP contribution in [0.15, 0.2) is 24.3 Å². The SMILES string of the molecule is CC(CC#N)CN(CC/C=C\C(=O)OC(C)(C)C)c1nc(OCC(=S)[C@H]2C=CCCC2)nc2c1CCNC2. The van der Waals surface area contributed by atoms with Crippen LogP contribution in [0.1, 0.15) is 71.1 Å². The van der Waals surface area contributed by atoms with E-state index in [1.54, 1.807) is 0 Å². The maximum absolute atomic E-state index is 12.1. The quantitative estimate of drug-likeness (QED) is 0.172. The Morgan fingerprint density at radius 1 is 1.39 bits per heavy atom. The van der Waals surface area contributed by atoms with Crippen LogP contribution >= 0.6 is 12.2 Å². The third kappa shape index (κ3) is 9.48. The van der Waals surface area contributed by atoms with Gasteiger partial charge in [-0.1, -0.05) is 37.4 Å². The normalized spacial score (nSPS) is 17.9. The maximum Gasteiger partial charge on any atom is 0.330 e. The van der Waals surface area contributed by atoms with Gasteiger partial charge in [0.05, 0.1) is 11.8 Å². The van der Waals surface area contributed by atoms with Gasteiger partial charge in [-0.2, -0.15) is 15.2 Å². The van der Waals surface area contributed by atoms with E-state index in [0.29, 0.717) is 45.1 Å². The van der Waals surface area contributed by atoms with Crippen LogP contribution < -0.4 is 15.0 Å². The predicted molar refractivity (Wildman–Crippen MR) is 153 cm³/mol. The van der Waals surface area contributed by atoms with Gasteiger partial charge >= 0.3 is 12.0 Å². The minimum absolute atomic E-state index is 0.150. The summed E-state index contributed by atoms with van der Waals surface area (Å²) in [6.45, 7) is 10.7. The van der Waals surface area contributed by atoms with Gasteiger partial charge in [0, 0.05) is 48.5 Å². The van der Waals surface area contributed by atoms with Gasteiger partial charge in [0.25, 0.3) is 0 Å². The van der Waals surface area contributed by atoms with Gasteiger partial charge in [0.2, 0.25) is 0 Å². The summed E-state index contributed by atoms with van der Waals surface area (Å²) in [5.74, 6) is 0.895. The number of aromatic nitrogens is 2. The van der Waals surface area contributed by atoms with Crippen molar-refractivity contribution in [2.45, 2.75) is 78.4 Å². The second-order valence-corrected chi connectivity index (χ2v) is 11.6. The predicted octanol–water partition coefficient (Wildman–Crippen LogP) is 4.87. The van der Waals surface area contributed by atoms with E-state index < -0.39 is 5.60 Å². The van der Waals surface area contributed by atoms with Crippen molar-refractivity contribution in [1.29, 1.82) is 5.26 Å². The molecule has 0 saturated heterocycles. The standard InChI is InChI=1S/C29H41N5O3S/c1-21(13-15-30)19-34(17-9-8-12-26(35)37-29(2,3)4)27-23-14-16-31-18-24(23)32-28(33-27)36-20-25(38)22-10-6-5-7-11-22/h6,8,10,12,21-22,31H,5,7,9,11,13-14,16-20H2,1-4H3/b12-8-/t21?,22-/m0/s1. The highest BCUT2D eigenvalue weighted by molar-refractivity contribution is 7.80. The molecule has 2 aliphatic rings. The first kappa shape index (κ1) is 29.7. The number of hydrogen-bond acceptors (Lipinski definition) is 9. The molecule has 3 rings (SSSR count). The van der Waals surface area contributed by atoms with Crippen molar-refractivity contribution in [2.24, 2.45) is 11.8 Å². The zero-order valence-electron chi connectivity index (χ0n) is 23.2. The summed E-state index contributed by atoms with van der Waals surface area (Å²) in [4.78, 5) is 24.7. The molecule has 1 aliphatic heterocycles. The number of nitrogens with zero attached hydrogens (tertiary/aromatic N) is 4. The van der Waals surface area contributed by atoms with Crippen LogP contribution in [0, 0.1) is 23.2 Å². The molecular weight excluding hydrogens is 498 g/mol. The lowest BCUT2D eigenvalue weighted by Crippen LogP contribution is -2.34. The van der Waals surface area contributed by atoms with Gasteiger partial charge < -0.3 is 19.7 Å². The molecule has 8 nitrogen and oxygen atoms in total. The van der Waals surface area contributed by atoms with E-state index in [1.165, 1.54) is 6.08 Å². The summed E-state index contributed by atoms with van der Waals surface area (Å²) in [6, 6.07) is 2.60. The van der Waals surface area contributed by atoms with Crippen LogP contribution in [0.3, 0.4) is 0 Å². The van der Waals surface area contributed by atoms with E-state index in [0.717, 1.165) is 54.2 Å². The van der Waals surface area contributed by atoms with Gasteiger partial charge in [0.15, 0.2) is 0 Å². The molecule has 1 N–H and O–H groups in total. The molecule has 1 unspecified atom stereocenters. The number of rotatable bonds is 12. The van der Waals surface area contributed by atoms with Crippen LogP contribution in [-0.4, -0.2) is 52.6 Å². The topological polar surface area (TPSA) is 100 Å². The number of ether oxygens (including phenoxy) is 2. The first-order chi connectivity index (χ1) is 18.2. The van der Waals surface area contributed by atoms with Crippen LogP contribution in [-0.2, 0) is 22.5 Å². The molecule has 2 atom stereocenters. The highest BCUT2D eigenvalue weighted by Crippen LogP contribution is 2.28. The lowest BCUT2D eigenvalue weighted by Gasteiger charge is -2.30. The van der Waals surface area contributed by atoms with E-state index in [2.05, 4.69) is 35.4 Å². The van der Waals surface area contributed by atoms with E-state index in [-0.39, 0.29) is 17.8 Å². The second kappa shape index (κ2) is 14.4. The van der Waals surface area contributed by atoms with Crippen molar-refractivity contribution in [2.75, 3.05) is 31.1 Å². The molecule has 0 radical (unpaired) electrons. The Hall–Kier alpha value is -2.83. The third-order valence-corrected chi connectivity index (χ3v) is 6.82. The Labute approximate surface area is 232 Å². The summed E-state index contributed by atoms with van der Waals surface area (Å²) in [7, 11) is 0. The van der Waals surface area contributed by atoms with Crippen molar-refractivity contribution >= 4 is 28.9 Å². The summed E-state index contributed by atoms with van der Waals surface area (Å²) < 4.78 is 11.4. The highest BCUT2D eigenvalue weighted by Gasteiger charge is 2.24. The zero-order chi connectivity index (χ0) is 27.5. The summed E-state index contributed by atoms with van der Waals surface area (Å²) in [6.07, 6.45) is 12.9. The van der Waals surface area contributed by atoms with Crippen LogP contribution in [0.2, 0.25) is 0 Å². The maximum atomic E-state index is 12.1. The molecule has 0 aromatic carbocycles. The molecule has 0 fully saturated rings. The minimum Gasteiger partial charge on any atom is -0.458 e. The molecule has 0 amide bonds. The van der Waals surface area contributed by atoms with Crippen molar-refractivity contribution < 1.29 is 14.3 Å². The Balaban J connectivity index is 1.79. The number of esters is 1. The summed E-state index contributed by atoms with van der Waals surface area (Å²) in [5.41, 5.74) is 1.51. The lowest BCUT2D eigenvalue weighted by molar-refractivity contribution is -0.148. The zero-order valence-corrected chi connectivity index (χ0v) is 24.0.